The molecule has 0 radical (unpaired) electrons. The van der Waals surface area contributed by atoms with Gasteiger partial charge in [0.2, 0.25) is 5.91 Å². The Labute approximate surface area is 169 Å². The first kappa shape index (κ1) is 19.8. The monoisotopic (exact) mass is 393 g/mol. The largest absolute Gasteiger partial charge is 0.352 e. The van der Waals surface area contributed by atoms with Gasteiger partial charge >= 0.3 is 0 Å². The van der Waals surface area contributed by atoms with Crippen LogP contribution >= 0.6 is 11.3 Å². The fourth-order valence-electron chi connectivity index (χ4n) is 2.67. The molecule has 0 aliphatic heterocycles. The average molecular weight is 394 g/mol. The predicted octanol–water partition coefficient (Wildman–Crippen LogP) is 3.68. The van der Waals surface area contributed by atoms with Crippen molar-refractivity contribution in [1.29, 1.82) is 0 Å². The first-order valence-corrected chi connectivity index (χ1v) is 9.89. The van der Waals surface area contributed by atoms with Crippen LogP contribution in [-0.4, -0.2) is 35.8 Å². The van der Waals surface area contributed by atoms with Crippen molar-refractivity contribution in [2.45, 2.75) is 19.9 Å². The van der Waals surface area contributed by atoms with Crippen molar-refractivity contribution in [2.24, 2.45) is 0 Å². The minimum absolute atomic E-state index is 0.0384. The number of nitrogens with one attached hydrogen (secondary N) is 1. The molecule has 0 aliphatic rings. The number of nitrogens with zero attached hydrogens (tertiary/aromatic N) is 2. The minimum Gasteiger partial charge on any atom is -0.352 e. The lowest BCUT2D eigenvalue weighted by atomic mass is 10.1. The molecule has 0 atom stereocenters. The summed E-state index contributed by atoms with van der Waals surface area (Å²) in [5.74, 6) is -0.113. The summed E-state index contributed by atoms with van der Waals surface area (Å²) in [4.78, 5) is 30.2. The molecule has 1 aromatic heterocycles. The topological polar surface area (TPSA) is 62.3 Å². The number of aryl methyl sites for hydroxylation is 1. The van der Waals surface area contributed by atoms with Crippen molar-refractivity contribution < 1.29 is 9.59 Å². The number of carbonyl (C=O) groups is 2. The summed E-state index contributed by atoms with van der Waals surface area (Å²) in [5.41, 5.74) is 4.62. The minimum atomic E-state index is -0.0748. The van der Waals surface area contributed by atoms with Gasteiger partial charge in [-0.1, -0.05) is 42.0 Å². The van der Waals surface area contributed by atoms with Gasteiger partial charge in [-0.25, -0.2) is 4.98 Å². The first-order chi connectivity index (χ1) is 13.4. The van der Waals surface area contributed by atoms with Crippen LogP contribution in [-0.2, 0) is 17.8 Å². The molecule has 3 rings (SSSR count). The van der Waals surface area contributed by atoms with Crippen molar-refractivity contribution in [2.75, 3.05) is 14.1 Å². The van der Waals surface area contributed by atoms with Crippen molar-refractivity contribution in [3.8, 4) is 10.6 Å². The Bertz CT molecular complexity index is 960. The van der Waals surface area contributed by atoms with Gasteiger partial charge in [0.25, 0.3) is 5.91 Å². The first-order valence-electron chi connectivity index (χ1n) is 9.01. The van der Waals surface area contributed by atoms with Crippen molar-refractivity contribution in [3.05, 3.63) is 76.3 Å². The quantitative estimate of drug-likeness (QED) is 0.695. The van der Waals surface area contributed by atoms with Crippen LogP contribution in [0.3, 0.4) is 0 Å². The molecule has 0 bridgehead atoms. The highest BCUT2D eigenvalue weighted by Crippen LogP contribution is 2.24. The van der Waals surface area contributed by atoms with Crippen LogP contribution < -0.4 is 5.32 Å². The Morgan fingerprint density at radius 1 is 1.04 bits per heavy atom. The zero-order valence-electron chi connectivity index (χ0n) is 16.2. The van der Waals surface area contributed by atoms with Gasteiger partial charge in [0.1, 0.15) is 5.01 Å². The second-order valence-corrected chi connectivity index (χ2v) is 7.72. The van der Waals surface area contributed by atoms with Crippen LogP contribution in [0.15, 0.2) is 53.9 Å². The zero-order valence-corrected chi connectivity index (χ0v) is 17.0. The number of hydrogen-bond donors (Lipinski definition) is 1. The average Bonchev–Trinajstić information content (AvgIpc) is 3.15. The summed E-state index contributed by atoms with van der Waals surface area (Å²) < 4.78 is 0. The fraction of sp³-hybridized carbons (Fsp3) is 0.227. The van der Waals surface area contributed by atoms with Gasteiger partial charge < -0.3 is 10.2 Å². The molecule has 6 heteroatoms. The molecular formula is C22H23N3O2S. The van der Waals surface area contributed by atoms with Crippen LogP contribution in [0.25, 0.3) is 10.6 Å². The number of rotatable bonds is 6. The summed E-state index contributed by atoms with van der Waals surface area (Å²) >= 11 is 1.54. The van der Waals surface area contributed by atoms with Crippen LogP contribution in [0.2, 0.25) is 0 Å². The maximum atomic E-state index is 12.2. The van der Waals surface area contributed by atoms with E-state index < -0.39 is 0 Å². The number of amides is 2. The summed E-state index contributed by atoms with van der Waals surface area (Å²) in [5, 5.41) is 5.75. The molecule has 3 aromatic rings. The van der Waals surface area contributed by atoms with E-state index in [4.69, 9.17) is 0 Å². The van der Waals surface area contributed by atoms with Gasteiger partial charge in [0, 0.05) is 37.1 Å². The molecule has 2 aromatic carbocycles. The van der Waals surface area contributed by atoms with Crippen molar-refractivity contribution >= 4 is 23.2 Å². The second-order valence-electron chi connectivity index (χ2n) is 6.86. The number of thiazole rings is 1. The Morgan fingerprint density at radius 2 is 1.71 bits per heavy atom. The Balaban J connectivity index is 1.53. The van der Waals surface area contributed by atoms with Gasteiger partial charge in [0.05, 0.1) is 12.1 Å². The van der Waals surface area contributed by atoms with Gasteiger partial charge in [0.15, 0.2) is 0 Å². The van der Waals surface area contributed by atoms with E-state index in [0.29, 0.717) is 12.1 Å². The highest BCUT2D eigenvalue weighted by molar-refractivity contribution is 7.13. The molecule has 0 saturated heterocycles. The van der Waals surface area contributed by atoms with Gasteiger partial charge in [-0.2, -0.15) is 0 Å². The van der Waals surface area contributed by atoms with E-state index in [1.165, 1.54) is 10.5 Å². The van der Waals surface area contributed by atoms with Crippen LogP contribution in [0.5, 0.6) is 0 Å². The normalized spacial score (nSPS) is 10.5. The lowest BCUT2D eigenvalue weighted by molar-refractivity contribution is -0.120. The number of hydrogen-bond acceptors (Lipinski definition) is 4. The molecule has 144 valence electrons. The van der Waals surface area contributed by atoms with Crippen LogP contribution in [0.1, 0.15) is 27.2 Å². The molecule has 0 fully saturated rings. The van der Waals surface area contributed by atoms with Crippen LogP contribution in [0, 0.1) is 6.92 Å². The molecule has 1 N–H and O–H groups in total. The number of benzene rings is 2. The van der Waals surface area contributed by atoms with E-state index in [-0.39, 0.29) is 18.2 Å². The molecule has 1 heterocycles. The van der Waals surface area contributed by atoms with Gasteiger partial charge in [-0.05, 0) is 24.6 Å². The number of aromatic nitrogens is 1. The van der Waals surface area contributed by atoms with Crippen molar-refractivity contribution in [3.63, 3.8) is 0 Å². The lowest BCUT2D eigenvalue weighted by Crippen LogP contribution is -2.25. The standard InChI is InChI=1S/C22H23N3O2S/c1-15-4-8-17(9-5-15)21-24-19(14-28-21)12-20(26)23-13-16-6-10-18(11-7-16)22(27)25(2)3/h4-11,14H,12-13H2,1-3H3,(H,23,26). The second kappa shape index (κ2) is 8.80. The molecule has 2 amide bonds. The molecule has 0 saturated carbocycles. The van der Waals surface area contributed by atoms with Crippen LogP contribution in [0.4, 0.5) is 0 Å². The third kappa shape index (κ3) is 5.04. The van der Waals surface area contributed by atoms with E-state index >= 15 is 0 Å². The third-order valence-electron chi connectivity index (χ3n) is 4.29. The number of carbonyl (C=O) groups excluding carboxylic acids is 2. The molecule has 0 unspecified atom stereocenters. The highest BCUT2D eigenvalue weighted by atomic mass is 32.1. The zero-order chi connectivity index (χ0) is 20.1. The molecule has 0 aliphatic carbocycles. The van der Waals surface area contributed by atoms with E-state index in [1.807, 2.05) is 29.6 Å². The molecule has 5 nitrogen and oxygen atoms in total. The smallest absolute Gasteiger partial charge is 0.253 e. The maximum absolute atomic E-state index is 12.2. The SMILES string of the molecule is Cc1ccc(-c2nc(CC(=O)NCc3ccc(C(=O)N(C)C)cc3)cs2)cc1. The summed E-state index contributed by atoms with van der Waals surface area (Å²) in [6, 6.07) is 15.5. The van der Waals surface area contributed by atoms with E-state index in [0.717, 1.165) is 21.8 Å². The summed E-state index contributed by atoms with van der Waals surface area (Å²) in [6.07, 6.45) is 0.250. The summed E-state index contributed by atoms with van der Waals surface area (Å²) in [7, 11) is 3.44. The Hall–Kier alpha value is -2.99. The Kier molecular flexibility index (Phi) is 6.21. The lowest BCUT2D eigenvalue weighted by Gasteiger charge is -2.10. The summed E-state index contributed by atoms with van der Waals surface area (Å²) in [6.45, 7) is 2.47. The molecule has 28 heavy (non-hydrogen) atoms. The highest BCUT2D eigenvalue weighted by Gasteiger charge is 2.10. The van der Waals surface area contributed by atoms with Gasteiger partial charge in [-0.3, -0.25) is 9.59 Å². The fourth-order valence-corrected chi connectivity index (χ4v) is 3.49. The van der Waals surface area contributed by atoms with E-state index in [1.54, 1.807) is 37.6 Å². The predicted molar refractivity (Wildman–Crippen MR) is 112 cm³/mol. The van der Waals surface area contributed by atoms with E-state index in [9.17, 15) is 9.59 Å². The van der Waals surface area contributed by atoms with Gasteiger partial charge in [-0.15, -0.1) is 11.3 Å². The maximum Gasteiger partial charge on any atom is 0.253 e. The van der Waals surface area contributed by atoms with Crippen molar-refractivity contribution in [1.82, 2.24) is 15.2 Å². The molecular weight excluding hydrogens is 370 g/mol. The van der Waals surface area contributed by atoms with E-state index in [2.05, 4.69) is 29.4 Å². The third-order valence-corrected chi connectivity index (χ3v) is 5.23. The Morgan fingerprint density at radius 3 is 2.36 bits per heavy atom. The molecule has 0 spiro atoms.